The molecule has 2 aromatic rings. The Morgan fingerprint density at radius 3 is 2.08 bits per heavy atom. The highest BCUT2D eigenvalue weighted by Gasteiger charge is 2.25. The zero-order chi connectivity index (χ0) is 17.0. The molecule has 2 aromatic carbocycles. The average molecular weight is 355 g/mol. The Bertz CT molecular complexity index is 662. The molecule has 0 saturated carbocycles. The van der Waals surface area contributed by atoms with Crippen molar-refractivity contribution in [3.63, 3.8) is 0 Å². The number of halogens is 3. The van der Waals surface area contributed by atoms with E-state index in [2.05, 4.69) is 5.32 Å². The molecule has 0 radical (unpaired) electrons. The van der Waals surface area contributed by atoms with Gasteiger partial charge < -0.3 is 11.1 Å². The fourth-order valence-electron chi connectivity index (χ4n) is 2.47. The fraction of sp³-hybridized carbons (Fsp3) is 0.278. The molecule has 3 nitrogen and oxygen atoms in total. The molecule has 3 unspecified atom stereocenters. The molecule has 0 aromatic heterocycles. The lowest BCUT2D eigenvalue weighted by Crippen LogP contribution is -2.37. The summed E-state index contributed by atoms with van der Waals surface area (Å²) in [4.78, 5) is 12.3. The molecule has 0 spiro atoms. The van der Waals surface area contributed by atoms with E-state index < -0.39 is 29.6 Å². The van der Waals surface area contributed by atoms with Crippen molar-refractivity contribution < 1.29 is 13.6 Å². The van der Waals surface area contributed by atoms with Crippen LogP contribution in [0.1, 0.15) is 37.1 Å². The predicted molar refractivity (Wildman–Crippen MR) is 92.7 cm³/mol. The SMILES string of the molecule is CC(NC(=O)C(C)C(N)c1ccccc1)c1c(F)cccc1F.Cl. The number of carbonyl (C=O) groups excluding carboxylic acids is 1. The van der Waals surface area contributed by atoms with Gasteiger partial charge in [0.2, 0.25) is 5.91 Å². The van der Waals surface area contributed by atoms with Gasteiger partial charge in [0, 0.05) is 11.6 Å². The second kappa shape index (κ2) is 8.76. The van der Waals surface area contributed by atoms with Crippen molar-refractivity contribution in [2.45, 2.75) is 25.9 Å². The normalized spacial score (nSPS) is 14.2. The van der Waals surface area contributed by atoms with Gasteiger partial charge in [0.15, 0.2) is 0 Å². The molecule has 0 saturated heterocycles. The minimum Gasteiger partial charge on any atom is -0.349 e. The molecule has 130 valence electrons. The third kappa shape index (κ3) is 4.52. The lowest BCUT2D eigenvalue weighted by molar-refractivity contribution is -0.125. The molecule has 6 heteroatoms. The fourth-order valence-corrected chi connectivity index (χ4v) is 2.47. The molecule has 1 amide bonds. The summed E-state index contributed by atoms with van der Waals surface area (Å²) in [6.07, 6.45) is 0. The van der Waals surface area contributed by atoms with Crippen LogP contribution in [0.5, 0.6) is 0 Å². The minimum absolute atomic E-state index is 0. The zero-order valence-electron chi connectivity index (χ0n) is 13.5. The van der Waals surface area contributed by atoms with Gasteiger partial charge in [-0.2, -0.15) is 0 Å². The van der Waals surface area contributed by atoms with E-state index in [0.29, 0.717) is 0 Å². The molecule has 0 aliphatic heterocycles. The third-order valence-electron chi connectivity index (χ3n) is 3.93. The second-order valence-corrected chi connectivity index (χ2v) is 5.59. The maximum absolute atomic E-state index is 13.8. The van der Waals surface area contributed by atoms with Crippen LogP contribution < -0.4 is 11.1 Å². The van der Waals surface area contributed by atoms with Crippen LogP contribution in [0.25, 0.3) is 0 Å². The van der Waals surface area contributed by atoms with Gasteiger partial charge >= 0.3 is 0 Å². The number of nitrogens with two attached hydrogens (primary N) is 1. The van der Waals surface area contributed by atoms with Crippen molar-refractivity contribution in [3.05, 3.63) is 71.3 Å². The quantitative estimate of drug-likeness (QED) is 0.855. The number of hydrogen-bond donors (Lipinski definition) is 2. The molecule has 0 fully saturated rings. The molecule has 3 N–H and O–H groups in total. The molecule has 24 heavy (non-hydrogen) atoms. The maximum Gasteiger partial charge on any atom is 0.225 e. The highest BCUT2D eigenvalue weighted by molar-refractivity contribution is 5.85. The largest absolute Gasteiger partial charge is 0.349 e. The molecule has 0 heterocycles. The lowest BCUT2D eigenvalue weighted by atomic mass is 9.94. The number of carbonyl (C=O) groups is 1. The number of rotatable bonds is 5. The molecule has 2 rings (SSSR count). The molecular weight excluding hydrogens is 334 g/mol. The summed E-state index contributed by atoms with van der Waals surface area (Å²) in [7, 11) is 0. The number of amides is 1. The first kappa shape index (κ1) is 20.1. The molecule has 0 bridgehead atoms. The van der Waals surface area contributed by atoms with Crippen molar-refractivity contribution in [2.24, 2.45) is 11.7 Å². The highest BCUT2D eigenvalue weighted by Crippen LogP contribution is 2.23. The van der Waals surface area contributed by atoms with Gasteiger partial charge in [-0.15, -0.1) is 12.4 Å². The predicted octanol–water partition coefficient (Wildman–Crippen LogP) is 3.90. The van der Waals surface area contributed by atoms with Gasteiger partial charge in [0.1, 0.15) is 11.6 Å². The van der Waals surface area contributed by atoms with E-state index in [0.717, 1.165) is 5.56 Å². The Morgan fingerprint density at radius 1 is 1.00 bits per heavy atom. The molecule has 0 aliphatic rings. The molecule has 0 aliphatic carbocycles. The summed E-state index contributed by atoms with van der Waals surface area (Å²) in [5, 5.41) is 2.63. The van der Waals surface area contributed by atoms with Crippen LogP contribution >= 0.6 is 12.4 Å². The van der Waals surface area contributed by atoms with Crippen molar-refractivity contribution in [2.75, 3.05) is 0 Å². The highest BCUT2D eigenvalue weighted by atomic mass is 35.5. The Labute approximate surface area is 146 Å². The van der Waals surface area contributed by atoms with Crippen LogP contribution in [0.2, 0.25) is 0 Å². The topological polar surface area (TPSA) is 55.1 Å². The van der Waals surface area contributed by atoms with Crippen LogP contribution in [-0.2, 0) is 4.79 Å². The van der Waals surface area contributed by atoms with Crippen LogP contribution in [0, 0.1) is 17.6 Å². The van der Waals surface area contributed by atoms with Crippen molar-refractivity contribution >= 4 is 18.3 Å². The van der Waals surface area contributed by atoms with Crippen molar-refractivity contribution in [1.82, 2.24) is 5.32 Å². The summed E-state index contributed by atoms with van der Waals surface area (Å²) in [5.41, 5.74) is 6.79. The van der Waals surface area contributed by atoms with Gasteiger partial charge in [-0.3, -0.25) is 4.79 Å². The van der Waals surface area contributed by atoms with Crippen molar-refractivity contribution in [3.8, 4) is 0 Å². The van der Waals surface area contributed by atoms with Crippen LogP contribution in [0.15, 0.2) is 48.5 Å². The first-order valence-corrected chi connectivity index (χ1v) is 7.46. The van der Waals surface area contributed by atoms with Gasteiger partial charge in [0.05, 0.1) is 12.0 Å². The van der Waals surface area contributed by atoms with E-state index in [4.69, 9.17) is 5.73 Å². The first-order valence-electron chi connectivity index (χ1n) is 7.46. The van der Waals surface area contributed by atoms with Crippen LogP contribution in [-0.4, -0.2) is 5.91 Å². The standard InChI is InChI=1S/C18H20F2N2O.ClH/c1-11(17(21)13-7-4-3-5-8-13)18(23)22-12(2)16-14(19)9-6-10-15(16)20;/h3-12,17H,21H2,1-2H3,(H,22,23);1H. The monoisotopic (exact) mass is 354 g/mol. The molecule has 3 atom stereocenters. The summed E-state index contributed by atoms with van der Waals surface area (Å²) in [6, 6.07) is 11.6. The van der Waals surface area contributed by atoms with E-state index in [1.165, 1.54) is 18.2 Å². The van der Waals surface area contributed by atoms with Gasteiger partial charge in [-0.25, -0.2) is 8.78 Å². The van der Waals surface area contributed by atoms with E-state index in [-0.39, 0.29) is 23.9 Å². The lowest BCUT2D eigenvalue weighted by Gasteiger charge is -2.23. The van der Waals surface area contributed by atoms with Crippen LogP contribution in [0.4, 0.5) is 8.78 Å². The van der Waals surface area contributed by atoms with E-state index in [9.17, 15) is 13.6 Å². The Hall–Kier alpha value is -1.98. The van der Waals surface area contributed by atoms with Crippen molar-refractivity contribution in [1.29, 1.82) is 0 Å². The van der Waals surface area contributed by atoms with Gasteiger partial charge in [0.25, 0.3) is 0 Å². The third-order valence-corrected chi connectivity index (χ3v) is 3.93. The number of hydrogen-bond acceptors (Lipinski definition) is 2. The smallest absolute Gasteiger partial charge is 0.225 e. The number of nitrogens with one attached hydrogen (secondary N) is 1. The summed E-state index contributed by atoms with van der Waals surface area (Å²) in [5.74, 6) is -2.25. The molecular formula is C18H21ClF2N2O. The summed E-state index contributed by atoms with van der Waals surface area (Å²) >= 11 is 0. The Balaban J connectivity index is 0.00000288. The summed E-state index contributed by atoms with van der Waals surface area (Å²) < 4.78 is 27.5. The maximum atomic E-state index is 13.8. The van der Waals surface area contributed by atoms with Gasteiger partial charge in [-0.1, -0.05) is 43.3 Å². The van der Waals surface area contributed by atoms with E-state index in [1.807, 2.05) is 30.3 Å². The van der Waals surface area contributed by atoms with E-state index >= 15 is 0 Å². The van der Waals surface area contributed by atoms with Gasteiger partial charge in [-0.05, 0) is 24.6 Å². The first-order chi connectivity index (χ1) is 10.9. The van der Waals surface area contributed by atoms with E-state index in [1.54, 1.807) is 13.8 Å². The number of benzene rings is 2. The van der Waals surface area contributed by atoms with Crippen LogP contribution in [0.3, 0.4) is 0 Å². The Morgan fingerprint density at radius 2 is 1.54 bits per heavy atom. The zero-order valence-corrected chi connectivity index (χ0v) is 14.3. The second-order valence-electron chi connectivity index (χ2n) is 5.59. The average Bonchev–Trinajstić information content (AvgIpc) is 2.54. The summed E-state index contributed by atoms with van der Waals surface area (Å²) in [6.45, 7) is 3.23. The Kier molecular flexibility index (Phi) is 7.32. The minimum atomic E-state index is -0.783.